The van der Waals surface area contributed by atoms with Crippen LogP contribution in [-0.4, -0.2) is 46.5 Å². The number of carbonyl (C=O) groups is 1. The molecule has 2 aromatic carbocycles. The largest absolute Gasteiger partial charge is 0.379 e. The highest BCUT2D eigenvalue weighted by Gasteiger charge is 2.12. The molecule has 1 saturated heterocycles. The Labute approximate surface area is 187 Å². The van der Waals surface area contributed by atoms with Crippen LogP contribution in [0.3, 0.4) is 0 Å². The molecule has 0 spiro atoms. The molecule has 0 unspecified atom stereocenters. The monoisotopic (exact) mass is 426 g/mol. The maximum absolute atomic E-state index is 11.4. The van der Waals surface area contributed by atoms with Gasteiger partial charge in [0.15, 0.2) is 0 Å². The number of carbonyl (C=O) groups excluding carboxylic acids is 1. The minimum atomic E-state index is -0.0826. The Morgan fingerprint density at radius 2 is 1.78 bits per heavy atom. The molecule has 0 bridgehead atoms. The topological polar surface area (TPSA) is 58.9 Å². The second kappa shape index (κ2) is 8.94. The van der Waals surface area contributed by atoms with Crippen molar-refractivity contribution < 1.29 is 9.53 Å². The third kappa shape index (κ3) is 4.42. The fourth-order valence-electron chi connectivity index (χ4n) is 4.20. The second-order valence-electron chi connectivity index (χ2n) is 8.14. The molecule has 4 aromatic rings. The molecule has 6 nitrogen and oxygen atoms in total. The number of amides is 1. The number of pyridine rings is 1. The lowest BCUT2D eigenvalue weighted by molar-refractivity contribution is -0.114. The molecule has 5 rings (SSSR count). The van der Waals surface area contributed by atoms with Gasteiger partial charge in [0, 0.05) is 44.0 Å². The van der Waals surface area contributed by atoms with E-state index in [1.54, 1.807) is 0 Å². The maximum Gasteiger partial charge on any atom is 0.221 e. The van der Waals surface area contributed by atoms with Gasteiger partial charge in [0.2, 0.25) is 5.91 Å². The van der Waals surface area contributed by atoms with Gasteiger partial charge in [-0.25, -0.2) is 4.98 Å². The molecule has 0 saturated carbocycles. The summed E-state index contributed by atoms with van der Waals surface area (Å²) in [6.07, 6.45) is 3.94. The minimum absolute atomic E-state index is 0.0826. The average molecular weight is 427 g/mol. The lowest BCUT2D eigenvalue weighted by Gasteiger charge is -2.26. The molecule has 1 N–H and O–H groups in total. The van der Waals surface area contributed by atoms with Crippen molar-refractivity contribution in [1.29, 1.82) is 0 Å². The molecule has 0 atom stereocenters. The molecular weight excluding hydrogens is 400 g/mol. The number of hydrogen-bond donors (Lipinski definition) is 1. The highest BCUT2D eigenvalue weighted by atomic mass is 16.5. The first-order chi connectivity index (χ1) is 15.7. The summed E-state index contributed by atoms with van der Waals surface area (Å²) in [6.45, 7) is 6.04. The van der Waals surface area contributed by atoms with Crippen molar-refractivity contribution >= 4 is 17.2 Å². The number of fused-ring (bicyclic) bond motifs is 1. The first kappa shape index (κ1) is 20.4. The first-order valence-corrected chi connectivity index (χ1v) is 10.9. The molecule has 1 aliphatic heterocycles. The first-order valence-electron chi connectivity index (χ1n) is 10.9. The van der Waals surface area contributed by atoms with Crippen LogP contribution in [0.4, 0.5) is 5.69 Å². The van der Waals surface area contributed by atoms with Gasteiger partial charge in [0.1, 0.15) is 5.65 Å². The van der Waals surface area contributed by atoms with Gasteiger partial charge in [0.25, 0.3) is 0 Å². The van der Waals surface area contributed by atoms with Gasteiger partial charge in [0.05, 0.1) is 25.1 Å². The maximum atomic E-state index is 11.4. The van der Waals surface area contributed by atoms with E-state index in [0.29, 0.717) is 0 Å². The van der Waals surface area contributed by atoms with Crippen LogP contribution in [0.2, 0.25) is 0 Å². The summed E-state index contributed by atoms with van der Waals surface area (Å²) in [4.78, 5) is 18.5. The van der Waals surface area contributed by atoms with Crippen molar-refractivity contribution in [3.63, 3.8) is 0 Å². The van der Waals surface area contributed by atoms with E-state index in [1.165, 1.54) is 18.1 Å². The Balaban J connectivity index is 1.42. The van der Waals surface area contributed by atoms with E-state index in [-0.39, 0.29) is 5.91 Å². The highest BCUT2D eigenvalue weighted by Crippen LogP contribution is 2.27. The lowest BCUT2D eigenvalue weighted by Crippen LogP contribution is -2.35. The summed E-state index contributed by atoms with van der Waals surface area (Å²) in [6, 6.07) is 20.8. The SMILES string of the molecule is CC(=O)Nc1cccc(-c2cnc3cc(-c4cccc(CN5CCOCC5)c4)ccn23)c1. The predicted molar refractivity (Wildman–Crippen MR) is 126 cm³/mol. The zero-order chi connectivity index (χ0) is 21.9. The number of rotatable bonds is 5. The standard InChI is InChI=1S/C26H26N4O2/c1-19(31)28-24-7-3-6-23(15-24)25-17-27-26-16-22(8-9-30(25)26)21-5-2-4-20(14-21)18-29-10-12-32-13-11-29/h2-9,14-17H,10-13,18H2,1H3,(H,28,31). The Morgan fingerprint density at radius 1 is 1.00 bits per heavy atom. The van der Waals surface area contributed by atoms with Crippen molar-refractivity contribution in [2.75, 3.05) is 31.6 Å². The number of aromatic nitrogens is 2. The number of nitrogens with one attached hydrogen (secondary N) is 1. The molecule has 162 valence electrons. The van der Waals surface area contributed by atoms with Crippen LogP contribution in [0.25, 0.3) is 28.0 Å². The molecular formula is C26H26N4O2. The number of benzene rings is 2. The zero-order valence-electron chi connectivity index (χ0n) is 18.1. The van der Waals surface area contributed by atoms with E-state index in [1.807, 2.05) is 30.5 Å². The van der Waals surface area contributed by atoms with E-state index in [2.05, 4.69) is 62.2 Å². The molecule has 3 heterocycles. The summed E-state index contributed by atoms with van der Waals surface area (Å²) < 4.78 is 7.54. The van der Waals surface area contributed by atoms with Crippen LogP contribution in [0, 0.1) is 0 Å². The number of nitrogens with zero attached hydrogens (tertiary/aromatic N) is 3. The van der Waals surface area contributed by atoms with Crippen molar-refractivity contribution in [2.45, 2.75) is 13.5 Å². The summed E-state index contributed by atoms with van der Waals surface area (Å²) in [7, 11) is 0. The number of morpholine rings is 1. The number of imidazole rings is 1. The molecule has 1 fully saturated rings. The average Bonchev–Trinajstić information content (AvgIpc) is 3.23. The van der Waals surface area contributed by atoms with E-state index in [9.17, 15) is 4.79 Å². The third-order valence-electron chi connectivity index (χ3n) is 5.76. The Morgan fingerprint density at radius 3 is 2.62 bits per heavy atom. The predicted octanol–water partition coefficient (Wildman–Crippen LogP) is 4.46. The van der Waals surface area contributed by atoms with Crippen molar-refractivity contribution in [1.82, 2.24) is 14.3 Å². The van der Waals surface area contributed by atoms with Crippen LogP contribution >= 0.6 is 0 Å². The fraction of sp³-hybridized carbons (Fsp3) is 0.231. The van der Waals surface area contributed by atoms with Crippen LogP contribution in [0.1, 0.15) is 12.5 Å². The van der Waals surface area contributed by atoms with Gasteiger partial charge in [-0.15, -0.1) is 0 Å². The van der Waals surface area contributed by atoms with E-state index in [4.69, 9.17) is 4.74 Å². The molecule has 1 amide bonds. The summed E-state index contributed by atoms with van der Waals surface area (Å²) in [5.41, 5.74) is 7.30. The van der Waals surface area contributed by atoms with E-state index in [0.717, 1.165) is 61.0 Å². The summed E-state index contributed by atoms with van der Waals surface area (Å²) in [5, 5.41) is 2.84. The van der Waals surface area contributed by atoms with Crippen LogP contribution in [0.15, 0.2) is 73.1 Å². The third-order valence-corrected chi connectivity index (χ3v) is 5.76. The molecule has 1 aliphatic rings. The second-order valence-corrected chi connectivity index (χ2v) is 8.14. The highest BCUT2D eigenvalue weighted by molar-refractivity contribution is 5.89. The smallest absolute Gasteiger partial charge is 0.221 e. The Bertz CT molecular complexity index is 1260. The van der Waals surface area contributed by atoms with Crippen LogP contribution < -0.4 is 5.32 Å². The van der Waals surface area contributed by atoms with Gasteiger partial charge in [-0.3, -0.25) is 14.1 Å². The minimum Gasteiger partial charge on any atom is -0.379 e. The Hall–Kier alpha value is -3.48. The Kier molecular flexibility index (Phi) is 5.71. The van der Waals surface area contributed by atoms with Crippen molar-refractivity contribution in [2.24, 2.45) is 0 Å². The number of ether oxygens (including phenoxy) is 1. The van der Waals surface area contributed by atoms with Crippen LogP contribution in [-0.2, 0) is 16.1 Å². The van der Waals surface area contributed by atoms with Gasteiger partial charge in [-0.2, -0.15) is 0 Å². The van der Waals surface area contributed by atoms with Gasteiger partial charge >= 0.3 is 0 Å². The molecule has 2 aromatic heterocycles. The lowest BCUT2D eigenvalue weighted by atomic mass is 10.0. The molecule has 32 heavy (non-hydrogen) atoms. The van der Waals surface area contributed by atoms with Gasteiger partial charge < -0.3 is 10.1 Å². The van der Waals surface area contributed by atoms with Crippen molar-refractivity contribution in [3.05, 3.63) is 78.6 Å². The van der Waals surface area contributed by atoms with E-state index < -0.39 is 0 Å². The quantitative estimate of drug-likeness (QED) is 0.512. The zero-order valence-corrected chi connectivity index (χ0v) is 18.1. The van der Waals surface area contributed by atoms with Crippen LogP contribution in [0.5, 0.6) is 0 Å². The van der Waals surface area contributed by atoms with Gasteiger partial charge in [-0.05, 0) is 47.0 Å². The molecule has 6 heteroatoms. The van der Waals surface area contributed by atoms with Gasteiger partial charge in [-0.1, -0.05) is 30.3 Å². The summed E-state index contributed by atoms with van der Waals surface area (Å²) >= 11 is 0. The fourth-order valence-corrected chi connectivity index (χ4v) is 4.20. The normalized spacial score (nSPS) is 14.5. The molecule has 0 aliphatic carbocycles. The number of anilines is 1. The van der Waals surface area contributed by atoms with Crippen molar-refractivity contribution in [3.8, 4) is 22.4 Å². The summed E-state index contributed by atoms with van der Waals surface area (Å²) in [5.74, 6) is -0.0826. The van der Waals surface area contributed by atoms with E-state index >= 15 is 0 Å². The number of hydrogen-bond acceptors (Lipinski definition) is 4. The molecule has 0 radical (unpaired) electrons.